The van der Waals surface area contributed by atoms with Crippen LogP contribution in [-0.2, 0) is 4.74 Å². The molecule has 2 rings (SSSR count). The number of nitro benzene ring substituents is 1. The Morgan fingerprint density at radius 1 is 1.23 bits per heavy atom. The van der Waals surface area contributed by atoms with E-state index < -0.39 is 10.9 Å². The Hall–Kier alpha value is -1.99. The van der Waals surface area contributed by atoms with E-state index in [9.17, 15) is 14.9 Å². The zero-order valence-corrected chi connectivity index (χ0v) is 12.9. The molecule has 1 aromatic rings. The second kappa shape index (κ2) is 7.33. The molecule has 7 heteroatoms. The number of hydrogen-bond donors (Lipinski definition) is 0. The van der Waals surface area contributed by atoms with Crippen molar-refractivity contribution in [2.45, 2.75) is 19.9 Å². The molecule has 1 fully saturated rings. The van der Waals surface area contributed by atoms with Gasteiger partial charge in [-0.15, -0.1) is 0 Å². The normalized spacial score (nSPS) is 16.7. The van der Waals surface area contributed by atoms with E-state index >= 15 is 0 Å². The molecule has 1 saturated heterocycles. The molecule has 0 radical (unpaired) electrons. The van der Waals surface area contributed by atoms with Crippen molar-refractivity contribution in [3.8, 4) is 0 Å². The highest BCUT2D eigenvalue weighted by Gasteiger charge is 2.20. The van der Waals surface area contributed by atoms with E-state index in [1.54, 1.807) is 0 Å². The lowest BCUT2D eigenvalue weighted by atomic mass is 10.2. The summed E-state index contributed by atoms with van der Waals surface area (Å²) in [5, 5.41) is 10.6. The maximum atomic E-state index is 11.9. The topological polar surface area (TPSA) is 75.9 Å². The molecule has 120 valence electrons. The van der Waals surface area contributed by atoms with Gasteiger partial charge in [-0.25, -0.2) is 4.79 Å². The average molecular weight is 307 g/mol. The Kier molecular flexibility index (Phi) is 5.46. The first-order chi connectivity index (χ1) is 10.5. The van der Waals surface area contributed by atoms with Gasteiger partial charge in [0.1, 0.15) is 6.73 Å². The number of esters is 1. The quantitative estimate of drug-likeness (QED) is 0.468. The summed E-state index contributed by atoms with van der Waals surface area (Å²) >= 11 is 0. The van der Waals surface area contributed by atoms with E-state index in [4.69, 9.17) is 4.74 Å². The van der Waals surface area contributed by atoms with Crippen LogP contribution in [0.1, 0.15) is 24.2 Å². The first-order valence-corrected chi connectivity index (χ1v) is 7.35. The van der Waals surface area contributed by atoms with Crippen LogP contribution in [0.25, 0.3) is 0 Å². The van der Waals surface area contributed by atoms with Crippen LogP contribution in [-0.4, -0.2) is 59.6 Å². The highest BCUT2D eigenvalue weighted by atomic mass is 16.6. The minimum absolute atomic E-state index is 0.0404. The van der Waals surface area contributed by atoms with Crippen LogP contribution in [0.3, 0.4) is 0 Å². The van der Waals surface area contributed by atoms with Crippen molar-refractivity contribution in [3.63, 3.8) is 0 Å². The maximum Gasteiger partial charge on any atom is 0.339 e. The fraction of sp³-hybridized carbons (Fsp3) is 0.533. The second-order valence-corrected chi connectivity index (χ2v) is 5.61. The first kappa shape index (κ1) is 16.4. The summed E-state index contributed by atoms with van der Waals surface area (Å²) < 4.78 is 5.26. The van der Waals surface area contributed by atoms with Crippen LogP contribution in [0.5, 0.6) is 0 Å². The van der Waals surface area contributed by atoms with Crippen molar-refractivity contribution < 1.29 is 14.5 Å². The van der Waals surface area contributed by atoms with Gasteiger partial charge in [0.15, 0.2) is 0 Å². The van der Waals surface area contributed by atoms with Crippen LogP contribution >= 0.6 is 0 Å². The van der Waals surface area contributed by atoms with Gasteiger partial charge in [-0.3, -0.25) is 19.9 Å². The molecule has 0 amide bonds. The summed E-state index contributed by atoms with van der Waals surface area (Å²) in [6, 6.07) is 5.97. The largest absolute Gasteiger partial charge is 0.446 e. The van der Waals surface area contributed by atoms with Gasteiger partial charge >= 0.3 is 5.97 Å². The number of piperazine rings is 1. The van der Waals surface area contributed by atoms with Gasteiger partial charge in [-0.2, -0.15) is 0 Å². The molecule has 22 heavy (non-hydrogen) atoms. The molecule has 0 unspecified atom stereocenters. The number of ether oxygens (including phenoxy) is 1. The minimum Gasteiger partial charge on any atom is -0.446 e. The predicted molar refractivity (Wildman–Crippen MR) is 81.7 cm³/mol. The Morgan fingerprint density at radius 2 is 1.82 bits per heavy atom. The fourth-order valence-corrected chi connectivity index (χ4v) is 2.36. The number of nitro groups is 1. The summed E-state index contributed by atoms with van der Waals surface area (Å²) in [6.07, 6.45) is 0. The second-order valence-electron chi connectivity index (χ2n) is 5.61. The van der Waals surface area contributed by atoms with Crippen molar-refractivity contribution in [2.24, 2.45) is 0 Å². The summed E-state index contributed by atoms with van der Waals surface area (Å²) in [6.45, 7) is 8.26. The van der Waals surface area contributed by atoms with E-state index in [1.165, 1.54) is 24.3 Å². The third-order valence-corrected chi connectivity index (χ3v) is 3.83. The standard InChI is InChI=1S/C15H21N3O4/c1-12(2)17-9-7-16(8-10-17)11-22-15(19)13-3-5-14(6-4-13)18(20)21/h3-6,12H,7-11H2,1-2H3. The van der Waals surface area contributed by atoms with Gasteiger partial charge in [0.25, 0.3) is 5.69 Å². The number of non-ortho nitro benzene ring substituents is 1. The number of carbonyl (C=O) groups excluding carboxylic acids is 1. The molecular formula is C15H21N3O4. The van der Waals surface area contributed by atoms with Crippen LogP contribution < -0.4 is 0 Å². The Labute approximate surface area is 129 Å². The minimum atomic E-state index is -0.497. The van der Waals surface area contributed by atoms with Gasteiger partial charge in [-0.05, 0) is 26.0 Å². The maximum absolute atomic E-state index is 11.9. The third kappa shape index (κ3) is 4.25. The van der Waals surface area contributed by atoms with Crippen molar-refractivity contribution in [2.75, 3.05) is 32.9 Å². The number of carbonyl (C=O) groups is 1. The lowest BCUT2D eigenvalue weighted by Crippen LogP contribution is -2.49. The predicted octanol–water partition coefficient (Wildman–Crippen LogP) is 1.74. The number of nitrogens with zero attached hydrogens (tertiary/aromatic N) is 3. The molecule has 0 saturated carbocycles. The molecule has 0 aromatic heterocycles. The molecule has 7 nitrogen and oxygen atoms in total. The van der Waals surface area contributed by atoms with Crippen LogP contribution in [0.2, 0.25) is 0 Å². The van der Waals surface area contributed by atoms with Gasteiger partial charge in [-0.1, -0.05) is 0 Å². The molecule has 0 N–H and O–H groups in total. The molecule has 1 heterocycles. The van der Waals surface area contributed by atoms with Crippen LogP contribution in [0, 0.1) is 10.1 Å². The van der Waals surface area contributed by atoms with Crippen molar-refractivity contribution in [1.82, 2.24) is 9.80 Å². The van der Waals surface area contributed by atoms with Gasteiger partial charge in [0, 0.05) is 44.4 Å². The zero-order chi connectivity index (χ0) is 16.1. The van der Waals surface area contributed by atoms with E-state index in [0.717, 1.165) is 26.2 Å². The lowest BCUT2D eigenvalue weighted by Gasteiger charge is -2.36. The highest BCUT2D eigenvalue weighted by Crippen LogP contribution is 2.13. The van der Waals surface area contributed by atoms with Gasteiger partial charge in [0.05, 0.1) is 10.5 Å². The van der Waals surface area contributed by atoms with Gasteiger partial charge < -0.3 is 4.74 Å². The molecule has 0 aliphatic carbocycles. The first-order valence-electron chi connectivity index (χ1n) is 7.35. The van der Waals surface area contributed by atoms with Gasteiger partial charge in [0.2, 0.25) is 0 Å². The number of benzene rings is 1. The summed E-state index contributed by atoms with van der Waals surface area (Å²) in [4.78, 5) is 26.5. The molecule has 0 atom stereocenters. The molecule has 0 spiro atoms. The third-order valence-electron chi connectivity index (χ3n) is 3.83. The van der Waals surface area contributed by atoms with Crippen LogP contribution in [0.15, 0.2) is 24.3 Å². The molecule has 1 aliphatic heterocycles. The van der Waals surface area contributed by atoms with E-state index in [1.807, 2.05) is 0 Å². The van der Waals surface area contributed by atoms with E-state index in [2.05, 4.69) is 23.6 Å². The summed E-state index contributed by atoms with van der Waals surface area (Å²) in [5.41, 5.74) is 0.285. The lowest BCUT2D eigenvalue weighted by molar-refractivity contribution is -0.384. The summed E-state index contributed by atoms with van der Waals surface area (Å²) in [5.74, 6) is -0.457. The monoisotopic (exact) mass is 307 g/mol. The molecule has 0 bridgehead atoms. The Balaban J connectivity index is 1.79. The Bertz CT molecular complexity index is 522. The molecule has 1 aromatic carbocycles. The van der Waals surface area contributed by atoms with Crippen molar-refractivity contribution in [3.05, 3.63) is 39.9 Å². The highest BCUT2D eigenvalue weighted by molar-refractivity contribution is 5.89. The molecule has 1 aliphatic rings. The van der Waals surface area contributed by atoms with E-state index in [-0.39, 0.29) is 12.4 Å². The van der Waals surface area contributed by atoms with Crippen molar-refractivity contribution in [1.29, 1.82) is 0 Å². The number of hydrogen-bond acceptors (Lipinski definition) is 6. The SMILES string of the molecule is CC(C)N1CCN(COC(=O)c2ccc([N+](=O)[O-])cc2)CC1. The smallest absolute Gasteiger partial charge is 0.339 e. The fourth-order valence-electron chi connectivity index (χ4n) is 2.36. The zero-order valence-electron chi connectivity index (χ0n) is 12.9. The van der Waals surface area contributed by atoms with Crippen LogP contribution in [0.4, 0.5) is 5.69 Å². The molecular weight excluding hydrogens is 286 g/mol. The average Bonchev–Trinajstić information content (AvgIpc) is 2.53. The Morgan fingerprint density at radius 3 is 2.32 bits per heavy atom. The van der Waals surface area contributed by atoms with E-state index in [0.29, 0.717) is 11.6 Å². The number of rotatable bonds is 5. The van der Waals surface area contributed by atoms with Crippen molar-refractivity contribution >= 4 is 11.7 Å². The summed E-state index contributed by atoms with van der Waals surface area (Å²) in [7, 11) is 0.